The molecule has 114 valence electrons. The average molecular weight is 306 g/mol. The molecule has 0 aliphatic carbocycles. The van der Waals surface area contributed by atoms with Gasteiger partial charge in [-0.05, 0) is 26.8 Å². The van der Waals surface area contributed by atoms with Crippen molar-refractivity contribution >= 4 is 11.3 Å². The fourth-order valence-electron chi connectivity index (χ4n) is 2.79. The molecule has 3 rings (SSSR count). The summed E-state index contributed by atoms with van der Waals surface area (Å²) in [5, 5.41) is 5.66. The monoisotopic (exact) mass is 306 g/mol. The third kappa shape index (κ3) is 3.70. The highest BCUT2D eigenvalue weighted by atomic mass is 32.1. The van der Waals surface area contributed by atoms with Crippen molar-refractivity contribution in [2.75, 3.05) is 19.7 Å². The number of thiazole rings is 1. The lowest BCUT2D eigenvalue weighted by atomic mass is 10.2. The van der Waals surface area contributed by atoms with Crippen LogP contribution in [0.25, 0.3) is 0 Å². The van der Waals surface area contributed by atoms with Gasteiger partial charge in [0.2, 0.25) is 0 Å². The van der Waals surface area contributed by atoms with Crippen LogP contribution in [0, 0.1) is 20.8 Å². The van der Waals surface area contributed by atoms with Crippen LogP contribution in [-0.4, -0.2) is 45.5 Å². The maximum Gasteiger partial charge on any atom is 0.0898 e. The Morgan fingerprint density at radius 3 is 2.90 bits per heavy atom. The van der Waals surface area contributed by atoms with Crippen LogP contribution in [0.5, 0.6) is 0 Å². The SMILES string of the molecule is Cc1cc(C)n(C[C@H]2CN(Cc3cnc(C)s3)CCO2)n1. The van der Waals surface area contributed by atoms with Crippen molar-refractivity contribution in [2.24, 2.45) is 0 Å². The molecule has 0 N–H and O–H groups in total. The largest absolute Gasteiger partial charge is 0.374 e. The molecule has 1 atom stereocenters. The Morgan fingerprint density at radius 2 is 2.24 bits per heavy atom. The Kier molecular flexibility index (Phi) is 4.37. The molecular weight excluding hydrogens is 284 g/mol. The summed E-state index contributed by atoms with van der Waals surface area (Å²) in [5.74, 6) is 0. The number of ether oxygens (including phenoxy) is 1. The standard InChI is InChI=1S/C15H22N4OS/c1-11-6-12(2)19(17-11)9-14-8-18(4-5-20-14)10-15-7-16-13(3)21-15/h6-7,14H,4-5,8-10H2,1-3H3/t14-/m1/s1. The Labute approximate surface area is 129 Å². The average Bonchev–Trinajstić information content (AvgIpc) is 2.96. The predicted octanol–water partition coefficient (Wildman–Crippen LogP) is 2.17. The Balaban J connectivity index is 1.59. The molecule has 5 nitrogen and oxygen atoms in total. The molecule has 0 aromatic carbocycles. The fraction of sp³-hybridized carbons (Fsp3) is 0.600. The summed E-state index contributed by atoms with van der Waals surface area (Å²) in [6, 6.07) is 2.11. The molecular formula is C15H22N4OS. The van der Waals surface area contributed by atoms with Gasteiger partial charge in [0.25, 0.3) is 0 Å². The van der Waals surface area contributed by atoms with Gasteiger partial charge >= 0.3 is 0 Å². The van der Waals surface area contributed by atoms with E-state index < -0.39 is 0 Å². The molecule has 6 heteroatoms. The second-order valence-corrected chi connectivity index (χ2v) is 7.00. The fourth-order valence-corrected chi connectivity index (χ4v) is 3.62. The quantitative estimate of drug-likeness (QED) is 0.868. The molecule has 1 aliphatic rings. The molecule has 0 bridgehead atoms. The predicted molar refractivity (Wildman–Crippen MR) is 83.6 cm³/mol. The molecule has 0 saturated carbocycles. The van der Waals surface area contributed by atoms with E-state index in [9.17, 15) is 0 Å². The van der Waals surface area contributed by atoms with Crippen molar-refractivity contribution in [2.45, 2.75) is 40.0 Å². The van der Waals surface area contributed by atoms with Gasteiger partial charge in [-0.1, -0.05) is 0 Å². The van der Waals surface area contributed by atoms with Crippen LogP contribution >= 0.6 is 11.3 Å². The Hall–Kier alpha value is -1.24. The first-order chi connectivity index (χ1) is 10.1. The Bertz CT molecular complexity index is 607. The van der Waals surface area contributed by atoms with Crippen LogP contribution in [0.2, 0.25) is 0 Å². The Morgan fingerprint density at radius 1 is 1.38 bits per heavy atom. The van der Waals surface area contributed by atoms with E-state index in [-0.39, 0.29) is 6.10 Å². The van der Waals surface area contributed by atoms with Crippen LogP contribution in [0.4, 0.5) is 0 Å². The molecule has 1 aliphatic heterocycles. The van der Waals surface area contributed by atoms with Gasteiger partial charge in [-0.25, -0.2) is 4.98 Å². The number of morpholine rings is 1. The lowest BCUT2D eigenvalue weighted by Gasteiger charge is -2.32. The molecule has 21 heavy (non-hydrogen) atoms. The lowest BCUT2D eigenvalue weighted by Crippen LogP contribution is -2.43. The van der Waals surface area contributed by atoms with Gasteiger partial charge in [0, 0.05) is 36.4 Å². The van der Waals surface area contributed by atoms with E-state index >= 15 is 0 Å². The molecule has 1 saturated heterocycles. The van der Waals surface area contributed by atoms with Gasteiger partial charge in [-0.15, -0.1) is 11.3 Å². The zero-order valence-electron chi connectivity index (χ0n) is 12.9. The third-order valence-corrected chi connectivity index (χ3v) is 4.65. The van der Waals surface area contributed by atoms with Gasteiger partial charge in [0.15, 0.2) is 0 Å². The van der Waals surface area contributed by atoms with E-state index in [0.717, 1.165) is 43.5 Å². The highest BCUT2D eigenvalue weighted by Crippen LogP contribution is 2.17. The second-order valence-electron chi connectivity index (χ2n) is 5.68. The van der Waals surface area contributed by atoms with E-state index in [0.29, 0.717) is 0 Å². The van der Waals surface area contributed by atoms with Crippen LogP contribution in [-0.2, 0) is 17.8 Å². The normalized spacial score (nSPS) is 20.0. The van der Waals surface area contributed by atoms with Gasteiger partial charge in [0.05, 0.1) is 30.0 Å². The zero-order valence-corrected chi connectivity index (χ0v) is 13.7. The highest BCUT2D eigenvalue weighted by Gasteiger charge is 2.22. The number of nitrogens with zero attached hydrogens (tertiary/aromatic N) is 4. The second kappa shape index (κ2) is 6.25. The first-order valence-corrected chi connectivity index (χ1v) is 8.18. The summed E-state index contributed by atoms with van der Waals surface area (Å²) in [7, 11) is 0. The minimum Gasteiger partial charge on any atom is -0.374 e. The van der Waals surface area contributed by atoms with Crippen LogP contribution in [0.15, 0.2) is 12.3 Å². The van der Waals surface area contributed by atoms with Crippen LogP contribution in [0.1, 0.15) is 21.3 Å². The van der Waals surface area contributed by atoms with E-state index in [1.165, 1.54) is 10.6 Å². The summed E-state index contributed by atoms with van der Waals surface area (Å²) in [4.78, 5) is 8.11. The summed E-state index contributed by atoms with van der Waals surface area (Å²) in [5.41, 5.74) is 2.27. The topological polar surface area (TPSA) is 43.2 Å². The van der Waals surface area contributed by atoms with Crippen LogP contribution < -0.4 is 0 Å². The van der Waals surface area contributed by atoms with Gasteiger partial charge in [-0.3, -0.25) is 9.58 Å². The van der Waals surface area contributed by atoms with E-state index in [2.05, 4.69) is 39.6 Å². The van der Waals surface area contributed by atoms with Gasteiger partial charge < -0.3 is 4.74 Å². The first-order valence-electron chi connectivity index (χ1n) is 7.36. The van der Waals surface area contributed by atoms with Crippen molar-refractivity contribution in [3.63, 3.8) is 0 Å². The summed E-state index contributed by atoms with van der Waals surface area (Å²) in [6.07, 6.45) is 2.21. The highest BCUT2D eigenvalue weighted by molar-refractivity contribution is 7.11. The molecule has 1 fully saturated rings. The third-order valence-electron chi connectivity index (χ3n) is 3.75. The van der Waals surface area contributed by atoms with Crippen LogP contribution in [0.3, 0.4) is 0 Å². The van der Waals surface area contributed by atoms with E-state index in [1.807, 2.05) is 13.1 Å². The molecule has 2 aromatic rings. The summed E-state index contributed by atoms with van der Waals surface area (Å²) >= 11 is 1.78. The zero-order chi connectivity index (χ0) is 14.8. The molecule has 3 heterocycles. The van der Waals surface area contributed by atoms with Crippen molar-refractivity contribution in [3.05, 3.63) is 33.5 Å². The van der Waals surface area contributed by atoms with E-state index in [1.54, 1.807) is 11.3 Å². The number of hydrogen-bond acceptors (Lipinski definition) is 5. The van der Waals surface area contributed by atoms with Crippen molar-refractivity contribution < 1.29 is 4.74 Å². The molecule has 2 aromatic heterocycles. The molecule has 0 unspecified atom stereocenters. The van der Waals surface area contributed by atoms with Crippen molar-refractivity contribution in [1.82, 2.24) is 19.7 Å². The van der Waals surface area contributed by atoms with Gasteiger partial charge in [-0.2, -0.15) is 5.10 Å². The molecule has 0 spiro atoms. The minimum atomic E-state index is 0.214. The number of hydrogen-bond donors (Lipinski definition) is 0. The number of rotatable bonds is 4. The number of aryl methyl sites for hydroxylation is 3. The summed E-state index contributed by atoms with van der Waals surface area (Å²) in [6.45, 7) is 10.7. The lowest BCUT2D eigenvalue weighted by molar-refractivity contribution is -0.0402. The smallest absolute Gasteiger partial charge is 0.0898 e. The molecule has 0 amide bonds. The van der Waals surface area contributed by atoms with Crippen molar-refractivity contribution in [3.8, 4) is 0 Å². The minimum absolute atomic E-state index is 0.214. The summed E-state index contributed by atoms with van der Waals surface area (Å²) < 4.78 is 7.96. The van der Waals surface area contributed by atoms with E-state index in [4.69, 9.17) is 4.74 Å². The number of aromatic nitrogens is 3. The first kappa shape index (κ1) is 14.7. The van der Waals surface area contributed by atoms with Gasteiger partial charge in [0.1, 0.15) is 0 Å². The molecule has 0 radical (unpaired) electrons. The maximum atomic E-state index is 5.90. The van der Waals surface area contributed by atoms with Crippen molar-refractivity contribution in [1.29, 1.82) is 0 Å². The maximum absolute atomic E-state index is 5.90.